The SMILES string of the molecule is CCCCC(F)[C@H](O)C=C[C@@H]1C(CC=CCCCC(=O)O)=CC[C@H]1O. The zero-order valence-electron chi connectivity index (χ0n) is 15.0. The third kappa shape index (κ3) is 8.45. The number of carbonyl (C=O) groups is 1. The van der Waals surface area contributed by atoms with Crippen LogP contribution in [0.1, 0.15) is 58.3 Å². The zero-order chi connectivity index (χ0) is 18.7. The number of hydrogen-bond acceptors (Lipinski definition) is 3. The van der Waals surface area contributed by atoms with E-state index in [0.29, 0.717) is 32.1 Å². The van der Waals surface area contributed by atoms with Gasteiger partial charge in [0, 0.05) is 12.3 Å². The number of aliphatic hydroxyl groups excluding tert-OH is 2. The molecule has 5 heteroatoms. The van der Waals surface area contributed by atoms with E-state index in [1.807, 2.05) is 25.2 Å². The maximum atomic E-state index is 13.8. The molecule has 25 heavy (non-hydrogen) atoms. The van der Waals surface area contributed by atoms with Crippen LogP contribution in [0.4, 0.5) is 4.39 Å². The highest BCUT2D eigenvalue weighted by molar-refractivity contribution is 5.66. The summed E-state index contributed by atoms with van der Waals surface area (Å²) < 4.78 is 13.8. The Morgan fingerprint density at radius 2 is 2.16 bits per heavy atom. The first-order chi connectivity index (χ1) is 12.0. The fraction of sp³-hybridized carbons (Fsp3) is 0.650. The van der Waals surface area contributed by atoms with Crippen molar-refractivity contribution in [3.63, 3.8) is 0 Å². The molecular formula is C20H31FO4. The van der Waals surface area contributed by atoms with Gasteiger partial charge in [-0.2, -0.15) is 0 Å². The van der Waals surface area contributed by atoms with Gasteiger partial charge in [-0.05, 0) is 32.1 Å². The van der Waals surface area contributed by atoms with Crippen LogP contribution in [-0.4, -0.2) is 39.7 Å². The highest BCUT2D eigenvalue weighted by Gasteiger charge is 2.25. The second-order valence-electron chi connectivity index (χ2n) is 6.60. The van der Waals surface area contributed by atoms with Crippen LogP contribution < -0.4 is 0 Å². The van der Waals surface area contributed by atoms with Crippen molar-refractivity contribution in [2.75, 3.05) is 0 Å². The van der Waals surface area contributed by atoms with Gasteiger partial charge in [-0.15, -0.1) is 0 Å². The molecule has 0 saturated carbocycles. The second kappa shape index (κ2) is 12.0. The molecule has 4 atom stereocenters. The van der Waals surface area contributed by atoms with Gasteiger partial charge in [-0.1, -0.05) is 55.7 Å². The van der Waals surface area contributed by atoms with Crippen molar-refractivity contribution in [3.8, 4) is 0 Å². The van der Waals surface area contributed by atoms with Gasteiger partial charge in [0.25, 0.3) is 0 Å². The highest BCUT2D eigenvalue weighted by Crippen LogP contribution is 2.30. The van der Waals surface area contributed by atoms with Crippen LogP contribution in [-0.2, 0) is 4.79 Å². The monoisotopic (exact) mass is 354 g/mol. The van der Waals surface area contributed by atoms with E-state index in [-0.39, 0.29) is 12.3 Å². The summed E-state index contributed by atoms with van der Waals surface area (Å²) in [6.07, 6.45) is 10.8. The van der Waals surface area contributed by atoms with Crippen molar-refractivity contribution in [2.24, 2.45) is 5.92 Å². The van der Waals surface area contributed by atoms with Crippen molar-refractivity contribution in [1.29, 1.82) is 0 Å². The predicted molar refractivity (Wildman–Crippen MR) is 97.0 cm³/mol. The molecule has 0 aromatic heterocycles. The molecule has 0 amide bonds. The predicted octanol–water partition coefficient (Wildman–Crippen LogP) is 3.94. The number of rotatable bonds is 12. The Kier molecular flexibility index (Phi) is 10.3. The largest absolute Gasteiger partial charge is 0.481 e. The lowest BCUT2D eigenvalue weighted by Gasteiger charge is -2.16. The average Bonchev–Trinajstić information content (AvgIpc) is 2.93. The minimum absolute atomic E-state index is 0.164. The van der Waals surface area contributed by atoms with E-state index in [4.69, 9.17) is 5.11 Å². The van der Waals surface area contributed by atoms with Gasteiger partial charge >= 0.3 is 5.97 Å². The molecule has 0 bridgehead atoms. The number of halogens is 1. The van der Waals surface area contributed by atoms with Crippen molar-refractivity contribution in [1.82, 2.24) is 0 Å². The summed E-state index contributed by atoms with van der Waals surface area (Å²) >= 11 is 0. The summed E-state index contributed by atoms with van der Waals surface area (Å²) in [5, 5.41) is 28.5. The van der Waals surface area contributed by atoms with E-state index in [0.717, 1.165) is 18.4 Å². The zero-order valence-corrected chi connectivity index (χ0v) is 15.0. The Morgan fingerprint density at radius 1 is 1.40 bits per heavy atom. The van der Waals surface area contributed by atoms with Crippen LogP contribution in [0.25, 0.3) is 0 Å². The molecular weight excluding hydrogens is 323 g/mol. The quantitative estimate of drug-likeness (QED) is 0.366. The molecule has 0 aromatic carbocycles. The number of allylic oxidation sites excluding steroid dienone is 2. The van der Waals surface area contributed by atoms with Crippen molar-refractivity contribution < 1.29 is 24.5 Å². The van der Waals surface area contributed by atoms with Crippen molar-refractivity contribution in [2.45, 2.75) is 76.7 Å². The summed E-state index contributed by atoms with van der Waals surface area (Å²) in [4.78, 5) is 10.4. The number of aliphatic hydroxyl groups is 2. The summed E-state index contributed by atoms with van der Waals surface area (Å²) in [7, 11) is 0. The van der Waals surface area contributed by atoms with Gasteiger partial charge in [0.1, 0.15) is 12.3 Å². The van der Waals surface area contributed by atoms with Crippen LogP contribution >= 0.6 is 0 Å². The topological polar surface area (TPSA) is 77.8 Å². The van der Waals surface area contributed by atoms with E-state index in [2.05, 4.69) is 0 Å². The molecule has 1 aliphatic carbocycles. The third-order valence-electron chi connectivity index (χ3n) is 4.47. The van der Waals surface area contributed by atoms with E-state index in [1.54, 1.807) is 6.08 Å². The van der Waals surface area contributed by atoms with Crippen LogP contribution in [0.5, 0.6) is 0 Å². The molecule has 3 N–H and O–H groups in total. The fourth-order valence-electron chi connectivity index (χ4n) is 2.91. The molecule has 0 spiro atoms. The maximum Gasteiger partial charge on any atom is 0.303 e. The molecule has 0 aliphatic heterocycles. The number of aliphatic carboxylic acids is 1. The molecule has 0 radical (unpaired) electrons. The molecule has 0 fully saturated rings. The lowest BCUT2D eigenvalue weighted by molar-refractivity contribution is -0.137. The van der Waals surface area contributed by atoms with Crippen LogP contribution in [0.3, 0.4) is 0 Å². The maximum absolute atomic E-state index is 13.8. The van der Waals surface area contributed by atoms with E-state index < -0.39 is 24.3 Å². The minimum atomic E-state index is -1.27. The molecule has 142 valence electrons. The van der Waals surface area contributed by atoms with Crippen molar-refractivity contribution >= 4 is 5.97 Å². The van der Waals surface area contributed by atoms with E-state index in [1.165, 1.54) is 6.08 Å². The molecule has 0 saturated heterocycles. The number of hydrogen-bond donors (Lipinski definition) is 3. The smallest absolute Gasteiger partial charge is 0.303 e. The van der Waals surface area contributed by atoms with Gasteiger partial charge in [-0.3, -0.25) is 4.79 Å². The molecule has 1 aliphatic rings. The summed E-state index contributed by atoms with van der Waals surface area (Å²) in [6, 6.07) is 0. The number of unbranched alkanes of at least 4 members (excludes halogenated alkanes) is 2. The Bertz CT molecular complexity index is 484. The van der Waals surface area contributed by atoms with Gasteiger partial charge in [-0.25, -0.2) is 4.39 Å². The second-order valence-corrected chi connectivity index (χ2v) is 6.60. The molecule has 1 unspecified atom stereocenters. The fourth-order valence-corrected chi connectivity index (χ4v) is 2.91. The summed E-state index contributed by atoms with van der Waals surface area (Å²) in [5.74, 6) is -0.986. The lowest BCUT2D eigenvalue weighted by Crippen LogP contribution is -2.21. The van der Waals surface area contributed by atoms with Crippen LogP contribution in [0.2, 0.25) is 0 Å². The lowest BCUT2D eigenvalue weighted by atomic mass is 9.95. The Morgan fingerprint density at radius 3 is 2.84 bits per heavy atom. The Labute approximate surface area is 149 Å². The number of alkyl halides is 1. The highest BCUT2D eigenvalue weighted by atomic mass is 19.1. The molecule has 0 aromatic rings. The van der Waals surface area contributed by atoms with E-state index in [9.17, 15) is 19.4 Å². The Hall–Kier alpha value is -1.46. The molecule has 4 nitrogen and oxygen atoms in total. The number of carboxylic acid groups (broad SMARTS) is 1. The van der Waals surface area contributed by atoms with Crippen molar-refractivity contribution in [3.05, 3.63) is 36.0 Å². The standard InChI is InChI=1S/C20H31FO4/c1-2-3-9-17(21)19(23)14-12-16-15(11-13-18(16)22)8-6-4-5-7-10-20(24)25/h4,6,11-12,14,16-19,22-23H,2-3,5,7-10,13H2,1H3,(H,24,25)/t16-,17?,18-,19-/m1/s1. The first-order valence-electron chi connectivity index (χ1n) is 9.20. The van der Waals surface area contributed by atoms with Gasteiger partial charge in [0.05, 0.1) is 6.10 Å². The average molecular weight is 354 g/mol. The first kappa shape index (κ1) is 21.6. The summed E-state index contributed by atoms with van der Waals surface area (Å²) in [5.41, 5.74) is 1.05. The van der Waals surface area contributed by atoms with Gasteiger partial charge in [0.2, 0.25) is 0 Å². The molecule has 0 heterocycles. The van der Waals surface area contributed by atoms with Gasteiger partial charge < -0.3 is 15.3 Å². The normalized spacial score (nSPS) is 23.3. The van der Waals surface area contributed by atoms with Gasteiger partial charge in [0.15, 0.2) is 0 Å². The van der Waals surface area contributed by atoms with Crippen LogP contribution in [0.15, 0.2) is 36.0 Å². The van der Waals surface area contributed by atoms with Crippen LogP contribution in [0, 0.1) is 5.92 Å². The van der Waals surface area contributed by atoms with E-state index >= 15 is 0 Å². The minimum Gasteiger partial charge on any atom is -0.481 e. The first-order valence-corrected chi connectivity index (χ1v) is 9.20. The third-order valence-corrected chi connectivity index (χ3v) is 4.47. The Balaban J connectivity index is 2.46. The molecule has 1 rings (SSSR count). The summed E-state index contributed by atoms with van der Waals surface area (Å²) in [6.45, 7) is 1.98. The number of carboxylic acids is 1.